The van der Waals surface area contributed by atoms with Crippen molar-refractivity contribution in [3.63, 3.8) is 0 Å². The van der Waals surface area contributed by atoms with E-state index in [1.165, 1.54) is 0 Å². The molecule has 3 aromatic rings. The standard InChI is InChI=1S/C11H9N5/c1-2-8(6-12-3-1)9-7-15-11(16-9)10-13-4-5-14-10/h1-7H,(H,13,14)(H,15,16). The van der Waals surface area contributed by atoms with E-state index in [2.05, 4.69) is 24.9 Å². The fourth-order valence-corrected chi connectivity index (χ4v) is 1.50. The Labute approximate surface area is 91.6 Å². The predicted octanol–water partition coefficient (Wildman–Crippen LogP) is 1.86. The highest BCUT2D eigenvalue weighted by molar-refractivity contribution is 5.60. The number of nitrogens with one attached hydrogen (secondary N) is 2. The van der Waals surface area contributed by atoms with E-state index in [0.29, 0.717) is 0 Å². The second kappa shape index (κ2) is 3.62. The average Bonchev–Trinajstić information content (AvgIpc) is 3.01. The third kappa shape index (κ3) is 1.48. The molecule has 0 aliphatic carbocycles. The van der Waals surface area contributed by atoms with Gasteiger partial charge in [-0.05, 0) is 12.1 Å². The van der Waals surface area contributed by atoms with Gasteiger partial charge in [0.1, 0.15) is 0 Å². The van der Waals surface area contributed by atoms with E-state index in [1.54, 1.807) is 24.8 Å². The number of rotatable bonds is 2. The lowest BCUT2D eigenvalue weighted by molar-refractivity contribution is 1.20. The van der Waals surface area contributed by atoms with Crippen molar-refractivity contribution in [2.24, 2.45) is 0 Å². The van der Waals surface area contributed by atoms with Gasteiger partial charge in [0, 0.05) is 36.5 Å². The van der Waals surface area contributed by atoms with Crippen LogP contribution in [0.5, 0.6) is 0 Å². The fraction of sp³-hybridized carbons (Fsp3) is 0. The van der Waals surface area contributed by atoms with Crippen molar-refractivity contribution in [1.29, 1.82) is 0 Å². The van der Waals surface area contributed by atoms with Crippen LogP contribution in [0.1, 0.15) is 0 Å². The third-order valence-corrected chi connectivity index (χ3v) is 2.26. The van der Waals surface area contributed by atoms with Crippen LogP contribution in [0.15, 0.2) is 43.1 Å². The number of hydrogen-bond acceptors (Lipinski definition) is 3. The van der Waals surface area contributed by atoms with Gasteiger partial charge in [-0.3, -0.25) is 4.98 Å². The summed E-state index contributed by atoms with van der Waals surface area (Å²) in [6.45, 7) is 0. The van der Waals surface area contributed by atoms with Crippen molar-refractivity contribution in [2.45, 2.75) is 0 Å². The molecule has 78 valence electrons. The molecule has 0 aliphatic rings. The van der Waals surface area contributed by atoms with Crippen molar-refractivity contribution in [3.8, 4) is 22.9 Å². The van der Waals surface area contributed by atoms with Gasteiger partial charge >= 0.3 is 0 Å². The summed E-state index contributed by atoms with van der Waals surface area (Å²) in [7, 11) is 0. The van der Waals surface area contributed by atoms with Gasteiger partial charge in [0.15, 0.2) is 11.6 Å². The van der Waals surface area contributed by atoms with Crippen LogP contribution in [0.25, 0.3) is 22.9 Å². The number of aromatic nitrogens is 5. The number of pyridine rings is 1. The highest BCUT2D eigenvalue weighted by Crippen LogP contribution is 2.18. The smallest absolute Gasteiger partial charge is 0.174 e. The Balaban J connectivity index is 2.00. The minimum absolute atomic E-state index is 0.726. The van der Waals surface area contributed by atoms with Crippen molar-refractivity contribution in [2.75, 3.05) is 0 Å². The molecule has 0 unspecified atom stereocenters. The Morgan fingerprint density at radius 3 is 2.81 bits per heavy atom. The largest absolute Gasteiger partial charge is 0.342 e. The van der Waals surface area contributed by atoms with E-state index in [0.717, 1.165) is 22.9 Å². The number of hydrogen-bond donors (Lipinski definition) is 2. The molecular weight excluding hydrogens is 202 g/mol. The van der Waals surface area contributed by atoms with Crippen LogP contribution < -0.4 is 0 Å². The molecule has 0 radical (unpaired) electrons. The normalized spacial score (nSPS) is 10.5. The second-order valence-electron chi connectivity index (χ2n) is 3.31. The van der Waals surface area contributed by atoms with E-state index in [-0.39, 0.29) is 0 Å². The molecule has 0 aromatic carbocycles. The first kappa shape index (κ1) is 8.84. The molecular formula is C11H9N5. The first-order valence-corrected chi connectivity index (χ1v) is 4.89. The topological polar surface area (TPSA) is 70.2 Å². The van der Waals surface area contributed by atoms with E-state index in [9.17, 15) is 0 Å². The number of imidazole rings is 2. The summed E-state index contributed by atoms with van der Waals surface area (Å²) in [5.41, 5.74) is 1.84. The van der Waals surface area contributed by atoms with E-state index in [1.807, 2.05) is 18.3 Å². The van der Waals surface area contributed by atoms with Crippen LogP contribution >= 0.6 is 0 Å². The number of H-pyrrole nitrogens is 2. The van der Waals surface area contributed by atoms with Gasteiger partial charge in [0.25, 0.3) is 0 Å². The van der Waals surface area contributed by atoms with Crippen LogP contribution in [0, 0.1) is 0 Å². The van der Waals surface area contributed by atoms with Gasteiger partial charge in [-0.2, -0.15) is 0 Å². The minimum atomic E-state index is 0.726. The Bertz CT molecular complexity index is 567. The van der Waals surface area contributed by atoms with Crippen molar-refractivity contribution in [1.82, 2.24) is 24.9 Å². The van der Waals surface area contributed by atoms with Gasteiger partial charge in [0.2, 0.25) is 0 Å². The Morgan fingerprint density at radius 1 is 1.06 bits per heavy atom. The molecule has 0 amide bonds. The van der Waals surface area contributed by atoms with Crippen LogP contribution in [-0.4, -0.2) is 24.9 Å². The van der Waals surface area contributed by atoms with E-state index < -0.39 is 0 Å². The molecule has 2 N–H and O–H groups in total. The van der Waals surface area contributed by atoms with Crippen molar-refractivity contribution < 1.29 is 0 Å². The SMILES string of the molecule is c1cncc(-c2c[nH]c(-c3ncc[nH]3)n2)c1. The molecule has 0 bridgehead atoms. The maximum absolute atomic E-state index is 4.43. The second-order valence-corrected chi connectivity index (χ2v) is 3.31. The van der Waals surface area contributed by atoms with Crippen LogP contribution in [-0.2, 0) is 0 Å². The summed E-state index contributed by atoms with van der Waals surface area (Å²) in [6.07, 6.45) is 8.82. The summed E-state index contributed by atoms with van der Waals surface area (Å²) in [4.78, 5) is 18.7. The summed E-state index contributed by atoms with van der Waals surface area (Å²) in [5, 5.41) is 0. The van der Waals surface area contributed by atoms with E-state index in [4.69, 9.17) is 0 Å². The zero-order chi connectivity index (χ0) is 10.8. The minimum Gasteiger partial charge on any atom is -0.342 e. The van der Waals surface area contributed by atoms with Crippen LogP contribution in [0.2, 0.25) is 0 Å². The van der Waals surface area contributed by atoms with Crippen molar-refractivity contribution in [3.05, 3.63) is 43.1 Å². The van der Waals surface area contributed by atoms with Gasteiger partial charge < -0.3 is 9.97 Å². The molecule has 3 heterocycles. The molecule has 0 fully saturated rings. The molecule has 0 atom stereocenters. The maximum Gasteiger partial charge on any atom is 0.174 e. The average molecular weight is 211 g/mol. The zero-order valence-corrected chi connectivity index (χ0v) is 8.38. The zero-order valence-electron chi connectivity index (χ0n) is 8.38. The Kier molecular flexibility index (Phi) is 2.00. The molecule has 0 saturated heterocycles. The molecule has 16 heavy (non-hydrogen) atoms. The molecule has 3 aromatic heterocycles. The van der Waals surface area contributed by atoms with Gasteiger partial charge in [-0.25, -0.2) is 9.97 Å². The fourth-order valence-electron chi connectivity index (χ4n) is 1.50. The summed E-state index contributed by atoms with van der Waals surface area (Å²) in [6, 6.07) is 3.85. The maximum atomic E-state index is 4.43. The van der Waals surface area contributed by atoms with E-state index >= 15 is 0 Å². The van der Waals surface area contributed by atoms with Crippen LogP contribution in [0.3, 0.4) is 0 Å². The monoisotopic (exact) mass is 211 g/mol. The number of nitrogens with zero attached hydrogens (tertiary/aromatic N) is 3. The lowest BCUT2D eigenvalue weighted by Crippen LogP contribution is -1.83. The Hall–Kier alpha value is -2.43. The summed E-state index contributed by atoms with van der Waals surface area (Å²) >= 11 is 0. The van der Waals surface area contributed by atoms with Gasteiger partial charge in [-0.1, -0.05) is 0 Å². The summed E-state index contributed by atoms with van der Waals surface area (Å²) in [5.74, 6) is 1.46. The molecule has 5 nitrogen and oxygen atoms in total. The number of aromatic amines is 2. The quantitative estimate of drug-likeness (QED) is 0.679. The van der Waals surface area contributed by atoms with Gasteiger partial charge in [0.05, 0.1) is 5.69 Å². The molecule has 5 heteroatoms. The lowest BCUT2D eigenvalue weighted by Gasteiger charge is -1.92. The molecule has 0 saturated carbocycles. The third-order valence-electron chi connectivity index (χ3n) is 2.26. The molecule has 0 spiro atoms. The first-order chi connectivity index (χ1) is 7.93. The van der Waals surface area contributed by atoms with Crippen molar-refractivity contribution >= 4 is 0 Å². The first-order valence-electron chi connectivity index (χ1n) is 4.89. The van der Waals surface area contributed by atoms with Gasteiger partial charge in [-0.15, -0.1) is 0 Å². The Morgan fingerprint density at radius 2 is 2.06 bits per heavy atom. The predicted molar refractivity (Wildman–Crippen MR) is 59.4 cm³/mol. The highest BCUT2D eigenvalue weighted by atomic mass is 15.0. The lowest BCUT2D eigenvalue weighted by atomic mass is 10.2. The summed E-state index contributed by atoms with van der Waals surface area (Å²) < 4.78 is 0. The highest BCUT2D eigenvalue weighted by Gasteiger charge is 2.06. The molecule has 0 aliphatic heterocycles. The molecule has 3 rings (SSSR count). The van der Waals surface area contributed by atoms with Crippen LogP contribution in [0.4, 0.5) is 0 Å².